The lowest BCUT2D eigenvalue weighted by atomic mass is 10.0. The van der Waals surface area contributed by atoms with Gasteiger partial charge in [-0.3, -0.25) is 9.69 Å². The highest BCUT2D eigenvalue weighted by molar-refractivity contribution is 5.76. The lowest BCUT2D eigenvalue weighted by Gasteiger charge is -2.21. The van der Waals surface area contributed by atoms with Gasteiger partial charge >= 0.3 is 0 Å². The zero-order valence-electron chi connectivity index (χ0n) is 23.1. The fourth-order valence-corrected chi connectivity index (χ4v) is 4.27. The van der Waals surface area contributed by atoms with Crippen molar-refractivity contribution in [2.45, 2.75) is 60.1 Å². The van der Waals surface area contributed by atoms with E-state index in [4.69, 9.17) is 14.4 Å². The molecule has 1 heterocycles. The van der Waals surface area contributed by atoms with Crippen LogP contribution in [0.2, 0.25) is 0 Å². The first-order valence-corrected chi connectivity index (χ1v) is 13.2. The van der Waals surface area contributed by atoms with Gasteiger partial charge in [0, 0.05) is 24.2 Å². The number of carbonyl (C=O) groups is 1. The van der Waals surface area contributed by atoms with Crippen LogP contribution in [0.3, 0.4) is 0 Å². The molecule has 3 aromatic rings. The summed E-state index contributed by atoms with van der Waals surface area (Å²) in [5.41, 5.74) is 5.92. The Bertz CT molecular complexity index is 1190. The first kappa shape index (κ1) is 29.3. The second-order valence-corrected chi connectivity index (χ2v) is 9.65. The van der Waals surface area contributed by atoms with Crippen molar-refractivity contribution in [3.63, 3.8) is 0 Å². The summed E-state index contributed by atoms with van der Waals surface area (Å²) in [4.78, 5) is 18.2. The summed E-state index contributed by atoms with van der Waals surface area (Å²) in [6, 6.07) is 10.1. The van der Waals surface area contributed by atoms with E-state index < -0.39 is 18.6 Å². The third-order valence-electron chi connectivity index (χ3n) is 6.50. The van der Waals surface area contributed by atoms with E-state index in [1.165, 1.54) is 24.0 Å². The molecule has 0 spiro atoms. The average molecular weight is 525 g/mol. The van der Waals surface area contributed by atoms with Crippen LogP contribution < -0.4 is 10.1 Å². The molecule has 1 unspecified atom stereocenters. The number of carbonyl (C=O) groups excluding carboxylic acids is 1. The van der Waals surface area contributed by atoms with Gasteiger partial charge in [-0.15, -0.1) is 0 Å². The SMILES string of the molecule is CCCCN(CC)Cc1ccc(-c2nc(-c3cc(C)c(OCC(O)CNC(=O)CO)c(C)c3)no2)cc1C. The molecule has 1 atom stereocenters. The van der Waals surface area contributed by atoms with Gasteiger partial charge < -0.3 is 24.8 Å². The van der Waals surface area contributed by atoms with Gasteiger partial charge in [-0.25, -0.2) is 0 Å². The van der Waals surface area contributed by atoms with E-state index >= 15 is 0 Å². The molecule has 1 amide bonds. The summed E-state index contributed by atoms with van der Waals surface area (Å²) in [6.07, 6.45) is 1.49. The van der Waals surface area contributed by atoms with Gasteiger partial charge in [-0.1, -0.05) is 31.5 Å². The largest absolute Gasteiger partial charge is 0.490 e. The zero-order chi connectivity index (χ0) is 27.7. The highest BCUT2D eigenvalue weighted by Gasteiger charge is 2.16. The number of hydrogen-bond acceptors (Lipinski definition) is 8. The van der Waals surface area contributed by atoms with Gasteiger partial charge in [0.1, 0.15) is 25.1 Å². The van der Waals surface area contributed by atoms with Crippen molar-refractivity contribution in [2.75, 3.05) is 32.8 Å². The molecule has 0 saturated heterocycles. The number of hydrogen-bond donors (Lipinski definition) is 3. The summed E-state index contributed by atoms with van der Waals surface area (Å²) in [5.74, 6) is 1.06. The molecule has 0 aliphatic carbocycles. The second-order valence-electron chi connectivity index (χ2n) is 9.65. The molecule has 38 heavy (non-hydrogen) atoms. The highest BCUT2D eigenvalue weighted by Crippen LogP contribution is 2.31. The Labute approximate surface area is 224 Å². The normalized spacial score (nSPS) is 12.1. The van der Waals surface area contributed by atoms with E-state index in [9.17, 15) is 9.90 Å². The molecular formula is C29H40N4O5. The Balaban J connectivity index is 1.69. The number of nitrogens with zero attached hydrogens (tertiary/aromatic N) is 3. The van der Waals surface area contributed by atoms with Gasteiger partial charge in [0.05, 0.1) is 0 Å². The lowest BCUT2D eigenvalue weighted by Crippen LogP contribution is -2.36. The van der Waals surface area contributed by atoms with Gasteiger partial charge in [0.2, 0.25) is 11.7 Å². The summed E-state index contributed by atoms with van der Waals surface area (Å²) in [6.45, 7) is 12.8. The third-order valence-corrected chi connectivity index (χ3v) is 6.50. The van der Waals surface area contributed by atoms with Crippen molar-refractivity contribution >= 4 is 5.91 Å². The number of nitrogens with one attached hydrogen (secondary N) is 1. The maximum atomic E-state index is 11.1. The van der Waals surface area contributed by atoms with E-state index in [-0.39, 0.29) is 13.2 Å². The number of aryl methyl sites for hydroxylation is 3. The topological polar surface area (TPSA) is 121 Å². The molecule has 3 N–H and O–H groups in total. The standard InChI is InChI=1S/C29H40N4O5/c1-6-8-11-33(7-2)16-23-10-9-22(12-19(23)3)29-31-28(32-38-29)24-13-20(4)27(21(5)14-24)37-18-25(35)15-30-26(36)17-34/h9-10,12-14,25,34-35H,6-8,11,15-18H2,1-5H3,(H,30,36). The first-order chi connectivity index (χ1) is 18.2. The Kier molecular flexibility index (Phi) is 10.8. The van der Waals surface area contributed by atoms with Crippen LogP contribution in [0.5, 0.6) is 5.75 Å². The Morgan fingerprint density at radius 1 is 1.11 bits per heavy atom. The predicted molar refractivity (Wildman–Crippen MR) is 147 cm³/mol. The van der Waals surface area contributed by atoms with Crippen LogP contribution >= 0.6 is 0 Å². The molecule has 0 saturated carbocycles. The number of amides is 1. The van der Waals surface area contributed by atoms with Crippen molar-refractivity contribution in [2.24, 2.45) is 0 Å². The van der Waals surface area contributed by atoms with E-state index in [1.54, 1.807) is 0 Å². The van der Waals surface area contributed by atoms with Crippen LogP contribution in [0, 0.1) is 20.8 Å². The molecule has 0 aliphatic heterocycles. The fourth-order valence-electron chi connectivity index (χ4n) is 4.27. The number of rotatable bonds is 14. The third kappa shape index (κ3) is 7.86. The molecule has 3 rings (SSSR count). The van der Waals surface area contributed by atoms with Gasteiger partial charge in [-0.05, 0) is 86.8 Å². The molecule has 1 aromatic heterocycles. The van der Waals surface area contributed by atoms with Crippen LogP contribution in [0.15, 0.2) is 34.9 Å². The average Bonchev–Trinajstić information content (AvgIpc) is 3.40. The van der Waals surface area contributed by atoms with E-state index in [2.05, 4.69) is 53.3 Å². The first-order valence-electron chi connectivity index (χ1n) is 13.2. The van der Waals surface area contributed by atoms with Gasteiger partial charge in [0.25, 0.3) is 5.89 Å². The zero-order valence-corrected chi connectivity index (χ0v) is 23.1. The maximum Gasteiger partial charge on any atom is 0.258 e. The van der Waals surface area contributed by atoms with Crippen LogP contribution in [-0.2, 0) is 11.3 Å². The van der Waals surface area contributed by atoms with Crippen LogP contribution in [0.1, 0.15) is 48.9 Å². The molecular weight excluding hydrogens is 484 g/mol. The minimum Gasteiger partial charge on any atom is -0.490 e. The van der Waals surface area contributed by atoms with Crippen LogP contribution in [0.4, 0.5) is 0 Å². The molecule has 2 aromatic carbocycles. The molecule has 9 heteroatoms. The summed E-state index contributed by atoms with van der Waals surface area (Å²) >= 11 is 0. The minimum absolute atomic E-state index is 0.00260. The van der Waals surface area contributed by atoms with Crippen molar-refractivity contribution in [3.05, 3.63) is 52.6 Å². The second kappa shape index (κ2) is 14.0. The summed E-state index contributed by atoms with van der Waals surface area (Å²) in [7, 11) is 0. The van der Waals surface area contributed by atoms with Crippen molar-refractivity contribution in [1.29, 1.82) is 0 Å². The monoisotopic (exact) mass is 524 g/mol. The maximum absolute atomic E-state index is 11.1. The van der Waals surface area contributed by atoms with E-state index in [1.807, 2.05) is 32.0 Å². The molecule has 206 valence electrons. The Morgan fingerprint density at radius 3 is 2.45 bits per heavy atom. The van der Waals surface area contributed by atoms with Crippen LogP contribution in [0.25, 0.3) is 22.8 Å². The number of ether oxygens (including phenoxy) is 1. The van der Waals surface area contributed by atoms with Gasteiger partial charge in [0.15, 0.2) is 0 Å². The number of aromatic nitrogens is 2. The Hall–Kier alpha value is -3.27. The van der Waals surface area contributed by atoms with Crippen molar-refractivity contribution < 1.29 is 24.3 Å². The molecule has 0 radical (unpaired) electrons. The molecule has 9 nitrogen and oxygen atoms in total. The Morgan fingerprint density at radius 2 is 1.82 bits per heavy atom. The summed E-state index contributed by atoms with van der Waals surface area (Å²) < 4.78 is 11.4. The number of aliphatic hydroxyl groups is 2. The fraction of sp³-hybridized carbons (Fsp3) is 0.483. The lowest BCUT2D eigenvalue weighted by molar-refractivity contribution is -0.124. The van der Waals surface area contributed by atoms with E-state index in [0.29, 0.717) is 17.5 Å². The van der Waals surface area contributed by atoms with Crippen molar-refractivity contribution in [1.82, 2.24) is 20.4 Å². The highest BCUT2D eigenvalue weighted by atomic mass is 16.5. The quantitative estimate of drug-likeness (QED) is 0.291. The minimum atomic E-state index is -0.903. The van der Waals surface area contributed by atoms with Crippen molar-refractivity contribution in [3.8, 4) is 28.6 Å². The molecule has 0 bridgehead atoms. The molecule has 0 fully saturated rings. The van der Waals surface area contributed by atoms with Crippen LogP contribution in [-0.4, -0.2) is 70.1 Å². The van der Waals surface area contributed by atoms with E-state index in [0.717, 1.165) is 41.9 Å². The van der Waals surface area contributed by atoms with Gasteiger partial charge in [-0.2, -0.15) is 4.98 Å². The summed E-state index contributed by atoms with van der Waals surface area (Å²) in [5, 5.41) is 25.4. The molecule has 0 aliphatic rings. The number of unbranched alkanes of at least 4 members (excludes halogenated alkanes) is 1. The number of aliphatic hydroxyl groups excluding tert-OH is 2. The number of benzene rings is 2. The predicted octanol–water partition coefficient (Wildman–Crippen LogP) is 3.80. The smallest absolute Gasteiger partial charge is 0.258 e.